The summed E-state index contributed by atoms with van der Waals surface area (Å²) in [6.07, 6.45) is 0. The Balaban J connectivity index is 1.73. The molecule has 2 aromatic heterocycles. The number of hydrogen-bond donors (Lipinski definition) is 2. The van der Waals surface area contributed by atoms with E-state index in [1.165, 1.54) is 10.7 Å². The lowest BCUT2D eigenvalue weighted by atomic mass is 9.88. The molecule has 2 N–H and O–H groups in total. The first kappa shape index (κ1) is 17.1. The molecule has 3 aromatic rings. The van der Waals surface area contributed by atoms with Gasteiger partial charge < -0.3 is 10.3 Å². The van der Waals surface area contributed by atoms with Crippen LogP contribution in [0.1, 0.15) is 30.8 Å². The molecule has 0 aliphatic carbocycles. The fraction of sp³-hybridized carbons (Fsp3) is 0.278. The van der Waals surface area contributed by atoms with Gasteiger partial charge in [0.2, 0.25) is 11.7 Å². The number of carbonyl (C=O) groups excluding carboxylic acids is 1. The van der Waals surface area contributed by atoms with Crippen LogP contribution >= 0.6 is 0 Å². The first-order valence-corrected chi connectivity index (χ1v) is 8.39. The summed E-state index contributed by atoms with van der Waals surface area (Å²) in [5, 5.41) is 6.96. The van der Waals surface area contributed by atoms with E-state index in [1.54, 1.807) is 39.0 Å². The largest absolute Gasteiger partial charge is 0.309 e. The van der Waals surface area contributed by atoms with Gasteiger partial charge in [-0.05, 0) is 26.8 Å². The second-order valence-electron chi connectivity index (χ2n) is 6.95. The summed E-state index contributed by atoms with van der Waals surface area (Å²) in [4.78, 5) is 35.8. The maximum absolute atomic E-state index is 13.9. The maximum atomic E-state index is 13.9. The van der Waals surface area contributed by atoms with Crippen molar-refractivity contribution in [3.05, 3.63) is 57.4 Å². The van der Waals surface area contributed by atoms with E-state index in [9.17, 15) is 14.0 Å². The number of nitrogens with one attached hydrogen (secondary N) is 2. The van der Waals surface area contributed by atoms with Crippen molar-refractivity contribution in [1.82, 2.24) is 24.7 Å². The second-order valence-corrected chi connectivity index (χ2v) is 6.95. The summed E-state index contributed by atoms with van der Waals surface area (Å²) < 4.78 is 15.4. The van der Waals surface area contributed by atoms with Gasteiger partial charge in [-0.3, -0.25) is 9.59 Å². The highest BCUT2D eigenvalue weighted by Gasteiger charge is 2.42. The van der Waals surface area contributed by atoms with E-state index in [0.717, 1.165) is 0 Å². The Labute approximate surface area is 153 Å². The number of aromatic amines is 1. The smallest absolute Gasteiger partial charge is 0.257 e. The van der Waals surface area contributed by atoms with Crippen molar-refractivity contribution >= 4 is 11.7 Å². The molecule has 0 unspecified atom stereocenters. The van der Waals surface area contributed by atoms with Gasteiger partial charge in [-0.2, -0.15) is 0 Å². The third-order valence-electron chi connectivity index (χ3n) is 4.69. The highest BCUT2D eigenvalue weighted by atomic mass is 19.1. The highest BCUT2D eigenvalue weighted by molar-refractivity contribution is 6.04. The molecule has 3 heterocycles. The molecule has 0 fully saturated rings. The van der Waals surface area contributed by atoms with E-state index in [4.69, 9.17) is 0 Å². The topological polar surface area (TPSA) is 106 Å². The minimum atomic E-state index is -0.956. The van der Waals surface area contributed by atoms with Crippen LogP contribution in [0.2, 0.25) is 0 Å². The van der Waals surface area contributed by atoms with E-state index < -0.39 is 11.0 Å². The van der Waals surface area contributed by atoms with Gasteiger partial charge >= 0.3 is 0 Å². The summed E-state index contributed by atoms with van der Waals surface area (Å²) in [7, 11) is 0. The van der Waals surface area contributed by atoms with Gasteiger partial charge in [0.25, 0.3) is 5.56 Å². The van der Waals surface area contributed by atoms with E-state index >= 15 is 0 Å². The molecule has 0 spiro atoms. The zero-order chi connectivity index (χ0) is 19.3. The third kappa shape index (κ3) is 2.71. The molecule has 1 aliphatic rings. The quantitative estimate of drug-likeness (QED) is 0.733. The van der Waals surface area contributed by atoms with Crippen molar-refractivity contribution in [2.75, 3.05) is 5.32 Å². The van der Waals surface area contributed by atoms with Crippen molar-refractivity contribution in [3.8, 4) is 11.6 Å². The molecule has 27 heavy (non-hydrogen) atoms. The monoisotopic (exact) mass is 368 g/mol. The van der Waals surface area contributed by atoms with Gasteiger partial charge in [0.05, 0.1) is 17.5 Å². The molecule has 4 rings (SSSR count). The van der Waals surface area contributed by atoms with Crippen LogP contribution < -0.4 is 10.9 Å². The number of hydrogen-bond acceptors (Lipinski definition) is 5. The van der Waals surface area contributed by atoms with Gasteiger partial charge in [0, 0.05) is 5.56 Å². The molecule has 0 radical (unpaired) electrons. The van der Waals surface area contributed by atoms with Crippen LogP contribution in [0, 0.1) is 12.7 Å². The molecule has 138 valence electrons. The van der Waals surface area contributed by atoms with Gasteiger partial charge in [-0.1, -0.05) is 18.2 Å². The average molecular weight is 368 g/mol. The number of amides is 1. The number of rotatable bonds is 3. The first-order valence-electron chi connectivity index (χ1n) is 8.39. The van der Waals surface area contributed by atoms with Crippen LogP contribution in [-0.4, -0.2) is 30.6 Å². The number of H-pyrrole nitrogens is 1. The summed E-state index contributed by atoms with van der Waals surface area (Å²) in [5.41, 5.74) is -0.608. The summed E-state index contributed by atoms with van der Waals surface area (Å²) in [5.74, 6) is 0.479. The van der Waals surface area contributed by atoms with Crippen LogP contribution in [0.25, 0.3) is 11.6 Å². The van der Waals surface area contributed by atoms with Crippen molar-refractivity contribution in [3.63, 3.8) is 0 Å². The summed E-state index contributed by atoms with van der Waals surface area (Å²) in [6.45, 7) is 5.25. The highest BCUT2D eigenvalue weighted by Crippen LogP contribution is 2.33. The third-order valence-corrected chi connectivity index (χ3v) is 4.69. The number of carbonyl (C=O) groups is 1. The van der Waals surface area contributed by atoms with Crippen molar-refractivity contribution < 1.29 is 9.18 Å². The number of aromatic nitrogens is 5. The molecular weight excluding hydrogens is 351 g/mol. The standard InChI is InChI=1S/C18H17FN6O2/c1-9-20-15(24-25(9)8-10-6-4-5-7-11(10)19)14-21-13-12(16(26)22-14)18(2,3)17(27)23-13/h4-7H,8H2,1-3H3,(H2,21,22,23,26,27). The van der Waals surface area contributed by atoms with Gasteiger partial charge in [0.1, 0.15) is 17.5 Å². The minimum Gasteiger partial charge on any atom is -0.309 e. The van der Waals surface area contributed by atoms with Crippen molar-refractivity contribution in [2.45, 2.75) is 32.7 Å². The molecule has 9 heteroatoms. The number of halogens is 1. The van der Waals surface area contributed by atoms with Crippen LogP contribution in [0.15, 0.2) is 29.1 Å². The molecule has 0 saturated carbocycles. The predicted molar refractivity (Wildman–Crippen MR) is 95.8 cm³/mol. The zero-order valence-corrected chi connectivity index (χ0v) is 15.0. The van der Waals surface area contributed by atoms with Gasteiger partial charge in [-0.25, -0.2) is 19.0 Å². The molecule has 0 saturated heterocycles. The van der Waals surface area contributed by atoms with Gasteiger partial charge in [-0.15, -0.1) is 5.10 Å². The van der Waals surface area contributed by atoms with Crippen LogP contribution in [0.3, 0.4) is 0 Å². The molecule has 1 amide bonds. The molecule has 0 bridgehead atoms. The Kier molecular flexibility index (Phi) is 3.69. The average Bonchev–Trinajstić information content (AvgIpc) is 3.07. The second kappa shape index (κ2) is 5.83. The lowest BCUT2D eigenvalue weighted by Gasteiger charge is -2.12. The summed E-state index contributed by atoms with van der Waals surface area (Å²) >= 11 is 0. The number of benzene rings is 1. The lowest BCUT2D eigenvalue weighted by Crippen LogP contribution is -2.31. The van der Waals surface area contributed by atoms with Crippen molar-refractivity contribution in [1.29, 1.82) is 0 Å². The Morgan fingerprint density at radius 1 is 1.19 bits per heavy atom. The number of nitrogens with zero attached hydrogens (tertiary/aromatic N) is 4. The Bertz CT molecular complexity index is 1130. The van der Waals surface area contributed by atoms with Gasteiger partial charge in [0.15, 0.2) is 5.82 Å². The lowest BCUT2D eigenvalue weighted by molar-refractivity contribution is -0.119. The maximum Gasteiger partial charge on any atom is 0.257 e. The normalized spacial score (nSPS) is 14.9. The fourth-order valence-corrected chi connectivity index (χ4v) is 3.08. The van der Waals surface area contributed by atoms with E-state index in [-0.39, 0.29) is 35.7 Å². The molecule has 8 nitrogen and oxygen atoms in total. The van der Waals surface area contributed by atoms with E-state index in [2.05, 4.69) is 25.4 Å². The minimum absolute atomic E-state index is 0.145. The number of anilines is 1. The van der Waals surface area contributed by atoms with Crippen LogP contribution in [-0.2, 0) is 16.8 Å². The Hall–Kier alpha value is -3.36. The predicted octanol–water partition coefficient (Wildman–Crippen LogP) is 1.75. The molecule has 1 aliphatic heterocycles. The Morgan fingerprint density at radius 3 is 2.67 bits per heavy atom. The van der Waals surface area contributed by atoms with E-state index in [1.807, 2.05) is 0 Å². The fourth-order valence-electron chi connectivity index (χ4n) is 3.08. The van der Waals surface area contributed by atoms with Crippen LogP contribution in [0.5, 0.6) is 0 Å². The first-order chi connectivity index (χ1) is 12.8. The van der Waals surface area contributed by atoms with Crippen molar-refractivity contribution in [2.24, 2.45) is 0 Å². The molecule has 1 aromatic carbocycles. The summed E-state index contributed by atoms with van der Waals surface area (Å²) in [6, 6.07) is 6.42. The van der Waals surface area contributed by atoms with Crippen LogP contribution in [0.4, 0.5) is 10.2 Å². The molecule has 0 atom stereocenters. The number of fused-ring (bicyclic) bond motifs is 1. The SMILES string of the molecule is Cc1nc(-c2nc3c(c(=O)[nH]2)C(C)(C)C(=O)N3)nn1Cc1ccccc1F. The Morgan fingerprint density at radius 2 is 1.93 bits per heavy atom. The number of aryl methyl sites for hydroxylation is 1. The van der Waals surface area contributed by atoms with E-state index in [0.29, 0.717) is 17.0 Å². The molecular formula is C18H17FN6O2. The zero-order valence-electron chi connectivity index (χ0n) is 15.0.